The topological polar surface area (TPSA) is 52.6 Å². The van der Waals surface area contributed by atoms with Crippen LogP contribution in [0.1, 0.15) is 38.3 Å². The lowest BCUT2D eigenvalue weighted by atomic mass is 10.1. The van der Waals surface area contributed by atoms with E-state index in [4.69, 9.17) is 4.98 Å². The maximum atomic E-state index is 4.78. The molecule has 3 rings (SSSR count). The standard InChI is InChI=1S/C17H29N5S2.HI/c1-17(7-5-11-24-17)13-20-15(18-2)19-8-6-14-12-23-16(21-14)22-9-3-4-10-22;/h12H,3-11,13H2,1-2H3,(H2,18,19,20);1H. The molecule has 0 saturated carbocycles. The van der Waals surface area contributed by atoms with E-state index in [1.54, 1.807) is 11.3 Å². The Morgan fingerprint density at radius 3 is 2.80 bits per heavy atom. The highest BCUT2D eigenvalue weighted by Gasteiger charge is 2.29. The normalized spacial score (nSPS) is 23.6. The second-order valence-corrected chi connectivity index (χ2v) is 9.34. The molecule has 0 radical (unpaired) electrons. The van der Waals surface area contributed by atoms with Gasteiger partial charge in [0.25, 0.3) is 0 Å². The zero-order valence-corrected chi connectivity index (χ0v) is 19.2. The molecule has 0 aromatic carbocycles. The fourth-order valence-electron chi connectivity index (χ4n) is 3.24. The van der Waals surface area contributed by atoms with Gasteiger partial charge in [-0.1, -0.05) is 0 Å². The first-order chi connectivity index (χ1) is 11.7. The first-order valence-corrected chi connectivity index (χ1v) is 10.8. The second kappa shape index (κ2) is 10.2. The Labute approximate surface area is 176 Å². The lowest BCUT2D eigenvalue weighted by molar-refractivity contribution is 0.584. The minimum Gasteiger partial charge on any atom is -0.356 e. The van der Waals surface area contributed by atoms with E-state index < -0.39 is 0 Å². The molecule has 0 spiro atoms. The van der Waals surface area contributed by atoms with E-state index in [1.165, 1.54) is 55.4 Å². The lowest BCUT2D eigenvalue weighted by Crippen LogP contribution is -2.44. The first-order valence-electron chi connectivity index (χ1n) is 8.96. The number of aliphatic imine (C=N–C) groups is 1. The van der Waals surface area contributed by atoms with Crippen LogP contribution < -0.4 is 15.5 Å². The van der Waals surface area contributed by atoms with Crippen molar-refractivity contribution in [2.24, 2.45) is 4.99 Å². The highest BCUT2D eigenvalue weighted by molar-refractivity contribution is 14.0. The Morgan fingerprint density at radius 2 is 2.12 bits per heavy atom. The third-order valence-electron chi connectivity index (χ3n) is 4.74. The molecule has 0 bridgehead atoms. The van der Waals surface area contributed by atoms with Crippen molar-refractivity contribution in [1.82, 2.24) is 15.6 Å². The van der Waals surface area contributed by atoms with E-state index in [2.05, 4.69) is 44.6 Å². The molecule has 2 aliphatic heterocycles. The molecule has 2 aliphatic rings. The van der Waals surface area contributed by atoms with Crippen LogP contribution in [0.25, 0.3) is 0 Å². The van der Waals surface area contributed by atoms with E-state index in [9.17, 15) is 0 Å². The van der Waals surface area contributed by atoms with Gasteiger partial charge in [0, 0.05) is 49.8 Å². The quantitative estimate of drug-likeness (QED) is 0.360. The number of anilines is 1. The SMILES string of the molecule is CN=C(NCCc1csc(N2CCCC2)n1)NCC1(C)CCCS1.I. The smallest absolute Gasteiger partial charge is 0.191 e. The van der Waals surface area contributed by atoms with Gasteiger partial charge in [0.05, 0.1) is 5.69 Å². The van der Waals surface area contributed by atoms with E-state index in [1.807, 2.05) is 7.05 Å². The summed E-state index contributed by atoms with van der Waals surface area (Å²) in [4.78, 5) is 11.5. The Balaban J connectivity index is 0.00000225. The first kappa shape index (κ1) is 21.1. The van der Waals surface area contributed by atoms with Crippen LogP contribution in [0.5, 0.6) is 0 Å². The molecule has 142 valence electrons. The number of aromatic nitrogens is 1. The molecule has 2 saturated heterocycles. The fraction of sp³-hybridized carbons (Fsp3) is 0.765. The maximum absolute atomic E-state index is 4.78. The van der Waals surface area contributed by atoms with Crippen LogP contribution in [0.15, 0.2) is 10.4 Å². The van der Waals surface area contributed by atoms with Crippen molar-refractivity contribution < 1.29 is 0 Å². The van der Waals surface area contributed by atoms with Crippen LogP contribution in [-0.2, 0) is 6.42 Å². The molecule has 25 heavy (non-hydrogen) atoms. The van der Waals surface area contributed by atoms with Gasteiger partial charge in [-0.15, -0.1) is 35.3 Å². The monoisotopic (exact) mass is 495 g/mol. The number of nitrogens with one attached hydrogen (secondary N) is 2. The van der Waals surface area contributed by atoms with Crippen LogP contribution in [0, 0.1) is 0 Å². The number of halogens is 1. The summed E-state index contributed by atoms with van der Waals surface area (Å²) in [6.45, 7) is 6.52. The minimum absolute atomic E-state index is 0. The minimum atomic E-state index is 0. The van der Waals surface area contributed by atoms with E-state index in [-0.39, 0.29) is 24.0 Å². The predicted octanol–water partition coefficient (Wildman–Crippen LogP) is 3.35. The summed E-state index contributed by atoms with van der Waals surface area (Å²) < 4.78 is 0.358. The average molecular weight is 496 g/mol. The molecule has 0 amide bonds. The highest BCUT2D eigenvalue weighted by atomic mass is 127. The van der Waals surface area contributed by atoms with Gasteiger partial charge >= 0.3 is 0 Å². The van der Waals surface area contributed by atoms with Gasteiger partial charge in [-0.2, -0.15) is 11.8 Å². The Morgan fingerprint density at radius 1 is 1.32 bits per heavy atom. The van der Waals surface area contributed by atoms with Crippen LogP contribution in [0.2, 0.25) is 0 Å². The third-order valence-corrected chi connectivity index (χ3v) is 7.23. The largest absolute Gasteiger partial charge is 0.356 e. The Bertz CT molecular complexity index is 551. The van der Waals surface area contributed by atoms with Gasteiger partial charge in [-0.3, -0.25) is 4.99 Å². The summed E-state index contributed by atoms with van der Waals surface area (Å²) in [5.41, 5.74) is 1.18. The van der Waals surface area contributed by atoms with Crippen molar-refractivity contribution >= 4 is 58.2 Å². The van der Waals surface area contributed by atoms with Gasteiger partial charge < -0.3 is 15.5 Å². The zero-order valence-electron chi connectivity index (χ0n) is 15.2. The fourth-order valence-corrected chi connectivity index (χ4v) is 5.40. The van der Waals surface area contributed by atoms with E-state index >= 15 is 0 Å². The van der Waals surface area contributed by atoms with Gasteiger partial charge in [0.2, 0.25) is 0 Å². The number of thiazole rings is 1. The summed E-state index contributed by atoms with van der Waals surface area (Å²) in [6.07, 6.45) is 6.17. The molecule has 2 N–H and O–H groups in total. The third kappa shape index (κ3) is 6.16. The van der Waals surface area contributed by atoms with Crippen molar-refractivity contribution in [1.29, 1.82) is 0 Å². The molecule has 8 heteroatoms. The number of thioether (sulfide) groups is 1. The summed E-state index contributed by atoms with van der Waals surface area (Å²) in [5, 5.41) is 10.3. The second-order valence-electron chi connectivity index (χ2n) is 6.82. The summed E-state index contributed by atoms with van der Waals surface area (Å²) >= 11 is 3.85. The Kier molecular flexibility index (Phi) is 8.60. The molecule has 2 fully saturated rings. The highest BCUT2D eigenvalue weighted by Crippen LogP contribution is 2.36. The number of guanidine groups is 1. The van der Waals surface area contributed by atoms with Crippen molar-refractivity contribution in [2.45, 2.75) is 43.8 Å². The molecule has 0 aliphatic carbocycles. The molecule has 1 unspecified atom stereocenters. The van der Waals surface area contributed by atoms with Crippen molar-refractivity contribution in [3.05, 3.63) is 11.1 Å². The molecule has 1 atom stereocenters. The van der Waals surface area contributed by atoms with E-state index in [0.29, 0.717) is 4.75 Å². The average Bonchev–Trinajstić information content (AvgIpc) is 3.32. The molecule has 1 aromatic rings. The van der Waals surface area contributed by atoms with Crippen molar-refractivity contribution in [2.75, 3.05) is 43.9 Å². The number of hydrogen-bond donors (Lipinski definition) is 2. The van der Waals surface area contributed by atoms with Gasteiger partial charge in [0.15, 0.2) is 11.1 Å². The van der Waals surface area contributed by atoms with Crippen LogP contribution in [0.4, 0.5) is 5.13 Å². The molecule has 5 nitrogen and oxygen atoms in total. The van der Waals surface area contributed by atoms with Gasteiger partial charge in [-0.05, 0) is 38.4 Å². The predicted molar refractivity (Wildman–Crippen MR) is 122 cm³/mol. The Hall–Kier alpha value is -0.220. The lowest BCUT2D eigenvalue weighted by Gasteiger charge is -2.24. The molecular weight excluding hydrogens is 465 g/mol. The summed E-state index contributed by atoms with van der Waals surface area (Å²) in [5.74, 6) is 2.19. The van der Waals surface area contributed by atoms with Gasteiger partial charge in [-0.25, -0.2) is 4.98 Å². The molecule has 3 heterocycles. The summed E-state index contributed by atoms with van der Waals surface area (Å²) in [7, 11) is 1.84. The number of hydrogen-bond acceptors (Lipinski definition) is 5. The summed E-state index contributed by atoms with van der Waals surface area (Å²) in [6, 6.07) is 0. The van der Waals surface area contributed by atoms with Crippen LogP contribution >= 0.6 is 47.1 Å². The van der Waals surface area contributed by atoms with Crippen molar-refractivity contribution in [3.8, 4) is 0 Å². The van der Waals surface area contributed by atoms with Gasteiger partial charge in [0.1, 0.15) is 0 Å². The maximum Gasteiger partial charge on any atom is 0.191 e. The van der Waals surface area contributed by atoms with E-state index in [0.717, 1.165) is 25.5 Å². The van der Waals surface area contributed by atoms with Crippen LogP contribution in [0.3, 0.4) is 0 Å². The van der Waals surface area contributed by atoms with Crippen LogP contribution in [-0.4, -0.2) is 54.7 Å². The molecular formula is C17H30IN5S2. The number of rotatable bonds is 6. The molecule has 1 aromatic heterocycles. The number of nitrogens with zero attached hydrogens (tertiary/aromatic N) is 3. The van der Waals surface area contributed by atoms with Crippen molar-refractivity contribution in [3.63, 3.8) is 0 Å². The zero-order chi connectivity index (χ0) is 16.8.